The van der Waals surface area contributed by atoms with E-state index in [0.29, 0.717) is 11.8 Å². The number of carbonyl (C=O) groups excluding carboxylic acids is 2. The van der Waals surface area contributed by atoms with Crippen molar-refractivity contribution in [2.24, 2.45) is 17.8 Å². The van der Waals surface area contributed by atoms with E-state index in [4.69, 9.17) is 0 Å². The number of halogens is 4. The lowest BCUT2D eigenvalue weighted by molar-refractivity contribution is -0.119. The molecule has 0 aromatic carbocycles. The van der Waals surface area contributed by atoms with Crippen molar-refractivity contribution in [1.82, 2.24) is 45.6 Å². The number of aromatic nitrogens is 8. The summed E-state index contributed by atoms with van der Waals surface area (Å²) >= 11 is 0. The average Bonchev–Trinajstić information content (AvgIpc) is 3.77. The van der Waals surface area contributed by atoms with Gasteiger partial charge in [-0.25, -0.2) is 26.9 Å². The summed E-state index contributed by atoms with van der Waals surface area (Å²) in [6.45, 7) is 1.57. The minimum absolute atomic E-state index is 0.0160. The fourth-order valence-corrected chi connectivity index (χ4v) is 5.65. The van der Waals surface area contributed by atoms with Crippen LogP contribution in [0.1, 0.15) is 79.0 Å². The Labute approximate surface area is 230 Å². The SMILES string of the molecule is Cc1nonc1C(=O)N[C@H](C(=O)Nc1cnn(C(CC(F)F)c2nnnn2C2CC(F)(F)C2)c1)C(C1CC1)C1CC1. The van der Waals surface area contributed by atoms with Gasteiger partial charge in [0.25, 0.3) is 11.8 Å². The zero-order valence-electron chi connectivity index (χ0n) is 22.0. The lowest BCUT2D eigenvalue weighted by Crippen LogP contribution is -2.50. The van der Waals surface area contributed by atoms with Crippen molar-refractivity contribution in [1.29, 1.82) is 0 Å². The van der Waals surface area contributed by atoms with Crippen molar-refractivity contribution < 1.29 is 31.8 Å². The number of aryl methyl sites for hydroxylation is 1. The van der Waals surface area contributed by atoms with Crippen LogP contribution >= 0.6 is 0 Å². The summed E-state index contributed by atoms with van der Waals surface area (Å²) in [5.41, 5.74) is 0.473. The topological polar surface area (TPSA) is 159 Å². The molecule has 0 aliphatic heterocycles. The number of amides is 2. The molecule has 3 heterocycles. The molecule has 41 heavy (non-hydrogen) atoms. The van der Waals surface area contributed by atoms with Gasteiger partial charge in [0.15, 0.2) is 11.5 Å². The van der Waals surface area contributed by atoms with Crippen LogP contribution in [0.5, 0.6) is 0 Å². The lowest BCUT2D eigenvalue weighted by atomic mass is 9.88. The second kappa shape index (κ2) is 10.5. The normalized spacial score (nSPS) is 20.2. The predicted molar refractivity (Wildman–Crippen MR) is 130 cm³/mol. The van der Waals surface area contributed by atoms with E-state index in [1.807, 2.05) is 0 Å². The highest BCUT2D eigenvalue weighted by atomic mass is 19.3. The highest BCUT2D eigenvalue weighted by Gasteiger charge is 2.49. The highest BCUT2D eigenvalue weighted by molar-refractivity contribution is 6.00. The average molecular weight is 581 g/mol. The molecule has 2 amide bonds. The Morgan fingerprint density at radius 1 is 1.15 bits per heavy atom. The fraction of sp³-hybridized carbons (Fsp3) is 0.667. The molecule has 13 nitrogen and oxygen atoms in total. The molecule has 3 aromatic heterocycles. The summed E-state index contributed by atoms with van der Waals surface area (Å²) in [5.74, 6) is -3.44. The number of alkyl halides is 4. The third kappa shape index (κ3) is 5.79. The largest absolute Gasteiger partial charge is 0.338 e. The molecular weight excluding hydrogens is 552 g/mol. The Morgan fingerprint density at radius 2 is 1.85 bits per heavy atom. The number of tetrazole rings is 1. The molecule has 3 aliphatic rings. The molecule has 0 spiro atoms. The third-order valence-electron chi connectivity index (χ3n) is 7.97. The molecular formula is C24H28F4N10O3. The smallest absolute Gasteiger partial charge is 0.276 e. The zero-order chi connectivity index (χ0) is 28.9. The lowest BCUT2D eigenvalue weighted by Gasteiger charge is -2.35. The number of hydrogen-bond donors (Lipinski definition) is 2. The van der Waals surface area contributed by atoms with Gasteiger partial charge in [-0.1, -0.05) is 5.16 Å². The van der Waals surface area contributed by atoms with Crippen LogP contribution < -0.4 is 10.6 Å². The van der Waals surface area contributed by atoms with Crippen LogP contribution in [0.15, 0.2) is 17.0 Å². The van der Waals surface area contributed by atoms with Crippen LogP contribution in [0.3, 0.4) is 0 Å². The highest BCUT2D eigenvalue weighted by Crippen LogP contribution is 2.51. The van der Waals surface area contributed by atoms with Gasteiger partial charge in [-0.3, -0.25) is 14.3 Å². The molecule has 1 unspecified atom stereocenters. The van der Waals surface area contributed by atoms with Crippen molar-refractivity contribution in [2.45, 2.75) is 82.3 Å². The van der Waals surface area contributed by atoms with Gasteiger partial charge in [-0.15, -0.1) is 5.10 Å². The minimum Gasteiger partial charge on any atom is -0.338 e. The van der Waals surface area contributed by atoms with Gasteiger partial charge in [0, 0.05) is 25.5 Å². The number of rotatable bonds is 12. The maximum absolute atomic E-state index is 13.6. The monoisotopic (exact) mass is 580 g/mol. The van der Waals surface area contributed by atoms with Crippen molar-refractivity contribution in [3.8, 4) is 0 Å². The number of nitrogens with zero attached hydrogens (tertiary/aromatic N) is 8. The Kier molecular flexibility index (Phi) is 6.97. The first-order chi connectivity index (χ1) is 19.6. The van der Waals surface area contributed by atoms with E-state index in [1.165, 1.54) is 17.1 Å². The standard InChI is InChI=1S/C24H28F4N10O3/c1-11-19(34-41-33-11)22(39)31-20(18(12-2-3-12)13-4-5-13)23(40)30-14-9-29-37(10-14)16(6-17(25)26)21-32-35-36-38(21)15-7-24(27,28)8-15/h9-10,12-13,15-18,20H,2-8H2,1H3,(H,30,40)(H,31,39)/t16?,20-/m0/s1. The molecule has 3 saturated carbocycles. The first-order valence-electron chi connectivity index (χ1n) is 13.5. The maximum atomic E-state index is 13.6. The van der Waals surface area contributed by atoms with Crippen molar-refractivity contribution in [3.63, 3.8) is 0 Å². The number of hydrogen-bond acceptors (Lipinski definition) is 9. The van der Waals surface area contributed by atoms with Crippen LogP contribution in [0, 0.1) is 24.7 Å². The molecule has 6 rings (SSSR count). The number of nitrogens with one attached hydrogen (secondary N) is 2. The first-order valence-corrected chi connectivity index (χ1v) is 13.5. The summed E-state index contributed by atoms with van der Waals surface area (Å²) in [6, 6.07) is -2.78. The van der Waals surface area contributed by atoms with Crippen LogP contribution in [-0.2, 0) is 4.79 Å². The molecule has 220 valence electrons. The third-order valence-corrected chi connectivity index (χ3v) is 7.97. The molecule has 17 heteroatoms. The number of carbonyl (C=O) groups is 2. The van der Waals surface area contributed by atoms with Crippen molar-refractivity contribution >= 4 is 17.5 Å². The Balaban J connectivity index is 1.22. The fourth-order valence-electron chi connectivity index (χ4n) is 5.65. The molecule has 2 atom stereocenters. The minimum atomic E-state index is -2.86. The Morgan fingerprint density at radius 3 is 2.44 bits per heavy atom. The van der Waals surface area contributed by atoms with Gasteiger partial charge >= 0.3 is 0 Å². The van der Waals surface area contributed by atoms with Crippen molar-refractivity contribution in [2.75, 3.05) is 5.32 Å². The molecule has 0 radical (unpaired) electrons. The van der Waals surface area contributed by atoms with E-state index in [9.17, 15) is 27.2 Å². The molecule has 0 saturated heterocycles. The van der Waals surface area contributed by atoms with Gasteiger partial charge in [0.2, 0.25) is 12.3 Å². The number of anilines is 1. The summed E-state index contributed by atoms with van der Waals surface area (Å²) < 4.78 is 61.1. The van der Waals surface area contributed by atoms with Gasteiger partial charge in [-0.05, 0) is 65.9 Å². The van der Waals surface area contributed by atoms with Gasteiger partial charge in [0.1, 0.15) is 17.8 Å². The summed E-state index contributed by atoms with van der Waals surface area (Å²) in [6.07, 6.45) is 1.99. The molecule has 2 N–H and O–H groups in total. The zero-order valence-corrected chi connectivity index (χ0v) is 22.0. The van der Waals surface area contributed by atoms with Crippen molar-refractivity contribution in [3.05, 3.63) is 29.6 Å². The van der Waals surface area contributed by atoms with E-state index in [1.54, 1.807) is 6.92 Å². The summed E-state index contributed by atoms with van der Waals surface area (Å²) in [4.78, 5) is 26.6. The van der Waals surface area contributed by atoms with Crippen LogP contribution in [-0.4, -0.2) is 70.5 Å². The quantitative estimate of drug-likeness (QED) is 0.307. The van der Waals surface area contributed by atoms with E-state index in [0.717, 1.165) is 30.4 Å². The van der Waals surface area contributed by atoms with Crippen LogP contribution in [0.4, 0.5) is 23.2 Å². The summed E-state index contributed by atoms with van der Waals surface area (Å²) in [7, 11) is 0. The maximum Gasteiger partial charge on any atom is 0.276 e. The van der Waals surface area contributed by atoms with E-state index < -0.39 is 61.6 Å². The molecule has 3 aliphatic carbocycles. The predicted octanol–water partition coefficient (Wildman–Crippen LogP) is 2.95. The summed E-state index contributed by atoms with van der Waals surface area (Å²) in [5, 5.41) is 28.1. The Bertz CT molecular complexity index is 1400. The van der Waals surface area contributed by atoms with Gasteiger partial charge in [-0.2, -0.15) is 5.10 Å². The van der Waals surface area contributed by atoms with E-state index in [-0.39, 0.29) is 28.8 Å². The first kappa shape index (κ1) is 27.3. The second-order valence-electron chi connectivity index (χ2n) is 11.1. The Hall–Kier alpha value is -3.92. The molecule has 3 fully saturated rings. The van der Waals surface area contributed by atoms with Crippen LogP contribution in [0.2, 0.25) is 0 Å². The van der Waals surface area contributed by atoms with Gasteiger partial charge in [0.05, 0.1) is 17.9 Å². The van der Waals surface area contributed by atoms with E-state index in [2.05, 4.69) is 46.2 Å². The van der Waals surface area contributed by atoms with Gasteiger partial charge < -0.3 is 10.6 Å². The van der Waals surface area contributed by atoms with Crippen LogP contribution in [0.25, 0.3) is 0 Å². The van der Waals surface area contributed by atoms with E-state index >= 15 is 0 Å². The second-order valence-corrected chi connectivity index (χ2v) is 11.1. The molecule has 0 bridgehead atoms. The molecule has 3 aromatic rings.